The van der Waals surface area contributed by atoms with Gasteiger partial charge in [0.15, 0.2) is 0 Å². The fraction of sp³-hybridized carbons (Fsp3) is 0.667. The summed E-state index contributed by atoms with van der Waals surface area (Å²) in [6, 6.07) is 1.90. The summed E-state index contributed by atoms with van der Waals surface area (Å²) in [5.41, 5.74) is 3.81. The molecule has 0 atom stereocenters. The van der Waals surface area contributed by atoms with Crippen molar-refractivity contribution in [1.82, 2.24) is 9.97 Å². The van der Waals surface area contributed by atoms with Gasteiger partial charge in [0.1, 0.15) is 11.6 Å². The summed E-state index contributed by atoms with van der Waals surface area (Å²) in [5.74, 6) is 7.34. The quantitative estimate of drug-likeness (QED) is 0.609. The molecule has 0 aliphatic carbocycles. The van der Waals surface area contributed by atoms with Gasteiger partial charge in [0.2, 0.25) is 0 Å². The molecule has 0 bridgehead atoms. The van der Waals surface area contributed by atoms with E-state index in [0.717, 1.165) is 17.9 Å². The zero-order valence-electron chi connectivity index (χ0n) is 10.8. The van der Waals surface area contributed by atoms with Crippen LogP contribution in [0.2, 0.25) is 0 Å². The molecule has 0 amide bonds. The standard InChI is InChI=1S/C12H22N4/c1-8(2)9-6-10(16-13)15-11(14-9)7-12(3,4)5/h6,8H,7,13H2,1-5H3,(H,14,15,16). The lowest BCUT2D eigenvalue weighted by molar-refractivity contribution is 0.400. The van der Waals surface area contributed by atoms with Crippen LogP contribution in [0.1, 0.15) is 52.1 Å². The summed E-state index contributed by atoms with van der Waals surface area (Å²) in [6.07, 6.45) is 0.849. The molecule has 1 aromatic rings. The summed E-state index contributed by atoms with van der Waals surface area (Å²) in [6.45, 7) is 10.8. The van der Waals surface area contributed by atoms with E-state index in [1.165, 1.54) is 0 Å². The average molecular weight is 222 g/mol. The minimum Gasteiger partial charge on any atom is -0.308 e. The van der Waals surface area contributed by atoms with Crippen LogP contribution in [0.4, 0.5) is 5.82 Å². The number of nitrogen functional groups attached to an aromatic ring is 1. The van der Waals surface area contributed by atoms with Crippen LogP contribution in [0.3, 0.4) is 0 Å². The van der Waals surface area contributed by atoms with Gasteiger partial charge in [-0.3, -0.25) is 0 Å². The third-order valence-corrected chi connectivity index (χ3v) is 2.22. The maximum atomic E-state index is 5.41. The molecule has 0 saturated heterocycles. The Kier molecular flexibility index (Phi) is 3.86. The Morgan fingerprint density at radius 2 is 1.94 bits per heavy atom. The number of rotatable bonds is 3. The molecule has 4 nitrogen and oxygen atoms in total. The minimum atomic E-state index is 0.182. The number of hydrazine groups is 1. The highest BCUT2D eigenvalue weighted by Crippen LogP contribution is 2.21. The zero-order chi connectivity index (χ0) is 12.3. The van der Waals surface area contributed by atoms with E-state index in [-0.39, 0.29) is 5.41 Å². The Morgan fingerprint density at radius 1 is 1.31 bits per heavy atom. The highest BCUT2D eigenvalue weighted by Gasteiger charge is 2.15. The molecule has 0 radical (unpaired) electrons. The molecule has 0 aliphatic rings. The van der Waals surface area contributed by atoms with Crippen molar-refractivity contribution in [2.75, 3.05) is 5.43 Å². The Labute approximate surface area is 97.7 Å². The third kappa shape index (κ3) is 3.77. The van der Waals surface area contributed by atoms with Crippen LogP contribution in [0, 0.1) is 5.41 Å². The Hall–Kier alpha value is -1.16. The number of nitrogens with one attached hydrogen (secondary N) is 1. The van der Waals surface area contributed by atoms with E-state index in [2.05, 4.69) is 50.0 Å². The second-order valence-corrected chi connectivity index (χ2v) is 5.63. The molecule has 1 rings (SSSR count). The second-order valence-electron chi connectivity index (χ2n) is 5.63. The van der Waals surface area contributed by atoms with Crippen molar-refractivity contribution in [2.24, 2.45) is 11.3 Å². The van der Waals surface area contributed by atoms with Gasteiger partial charge in [0.05, 0.1) is 0 Å². The summed E-state index contributed by atoms with van der Waals surface area (Å²) in [7, 11) is 0. The van der Waals surface area contributed by atoms with Gasteiger partial charge >= 0.3 is 0 Å². The first-order chi connectivity index (χ1) is 7.31. The van der Waals surface area contributed by atoms with Crippen molar-refractivity contribution in [2.45, 2.75) is 47.0 Å². The van der Waals surface area contributed by atoms with Gasteiger partial charge in [-0.1, -0.05) is 34.6 Å². The highest BCUT2D eigenvalue weighted by atomic mass is 15.3. The number of hydrogen-bond acceptors (Lipinski definition) is 4. The van der Waals surface area contributed by atoms with Crippen LogP contribution in [0.5, 0.6) is 0 Å². The summed E-state index contributed by atoms with van der Waals surface area (Å²) < 4.78 is 0. The van der Waals surface area contributed by atoms with Gasteiger partial charge in [-0.2, -0.15) is 0 Å². The molecule has 4 heteroatoms. The molecule has 16 heavy (non-hydrogen) atoms. The number of nitrogens with two attached hydrogens (primary N) is 1. The average Bonchev–Trinajstić information content (AvgIpc) is 2.14. The molecular weight excluding hydrogens is 200 g/mol. The molecule has 0 aliphatic heterocycles. The van der Waals surface area contributed by atoms with E-state index in [9.17, 15) is 0 Å². The number of nitrogens with zero attached hydrogens (tertiary/aromatic N) is 2. The molecular formula is C12H22N4. The first kappa shape index (κ1) is 12.9. The maximum Gasteiger partial charge on any atom is 0.143 e. The Bertz CT molecular complexity index is 353. The van der Waals surface area contributed by atoms with Gasteiger partial charge in [0.25, 0.3) is 0 Å². The highest BCUT2D eigenvalue weighted by molar-refractivity contribution is 5.35. The van der Waals surface area contributed by atoms with Crippen LogP contribution in [-0.2, 0) is 6.42 Å². The fourth-order valence-electron chi connectivity index (χ4n) is 1.44. The number of hydrogen-bond donors (Lipinski definition) is 2. The van der Waals surface area contributed by atoms with Gasteiger partial charge in [-0.15, -0.1) is 0 Å². The Balaban J connectivity index is 3.04. The van der Waals surface area contributed by atoms with Crippen LogP contribution < -0.4 is 11.3 Å². The molecule has 1 aromatic heterocycles. The first-order valence-electron chi connectivity index (χ1n) is 5.66. The lowest BCUT2D eigenvalue weighted by atomic mass is 9.92. The minimum absolute atomic E-state index is 0.182. The summed E-state index contributed by atoms with van der Waals surface area (Å²) >= 11 is 0. The van der Waals surface area contributed by atoms with Crippen molar-refractivity contribution in [3.8, 4) is 0 Å². The lowest BCUT2D eigenvalue weighted by Gasteiger charge is -2.18. The van der Waals surface area contributed by atoms with Gasteiger partial charge in [-0.05, 0) is 11.3 Å². The molecule has 0 aromatic carbocycles. The SMILES string of the molecule is CC(C)c1cc(NN)nc(CC(C)(C)C)n1. The third-order valence-electron chi connectivity index (χ3n) is 2.22. The Morgan fingerprint density at radius 3 is 2.38 bits per heavy atom. The first-order valence-corrected chi connectivity index (χ1v) is 5.66. The van der Waals surface area contributed by atoms with E-state index in [0.29, 0.717) is 11.7 Å². The predicted molar refractivity (Wildman–Crippen MR) is 67.1 cm³/mol. The van der Waals surface area contributed by atoms with Gasteiger partial charge < -0.3 is 5.43 Å². The van der Waals surface area contributed by atoms with E-state index in [1.54, 1.807) is 0 Å². The van der Waals surface area contributed by atoms with Crippen molar-refractivity contribution in [1.29, 1.82) is 0 Å². The van der Waals surface area contributed by atoms with E-state index in [1.807, 2.05) is 6.07 Å². The molecule has 1 heterocycles. The number of aromatic nitrogens is 2. The van der Waals surface area contributed by atoms with Crippen LogP contribution in [0.25, 0.3) is 0 Å². The van der Waals surface area contributed by atoms with Crippen molar-refractivity contribution in [3.05, 3.63) is 17.6 Å². The largest absolute Gasteiger partial charge is 0.308 e. The molecule has 0 unspecified atom stereocenters. The lowest BCUT2D eigenvalue weighted by Crippen LogP contribution is -2.16. The summed E-state index contributed by atoms with van der Waals surface area (Å²) in [4.78, 5) is 8.93. The van der Waals surface area contributed by atoms with Crippen molar-refractivity contribution in [3.63, 3.8) is 0 Å². The summed E-state index contributed by atoms with van der Waals surface area (Å²) in [5, 5.41) is 0. The number of anilines is 1. The van der Waals surface area contributed by atoms with Crippen LogP contribution >= 0.6 is 0 Å². The molecule has 0 saturated carbocycles. The molecule has 0 fully saturated rings. The van der Waals surface area contributed by atoms with Crippen molar-refractivity contribution < 1.29 is 0 Å². The molecule has 3 N–H and O–H groups in total. The van der Waals surface area contributed by atoms with Gasteiger partial charge in [0, 0.05) is 18.2 Å². The monoisotopic (exact) mass is 222 g/mol. The topological polar surface area (TPSA) is 63.8 Å². The second kappa shape index (κ2) is 4.78. The smallest absolute Gasteiger partial charge is 0.143 e. The normalized spacial score (nSPS) is 11.9. The predicted octanol–water partition coefficient (Wildman–Crippen LogP) is 2.47. The van der Waals surface area contributed by atoms with Crippen LogP contribution in [0.15, 0.2) is 6.07 Å². The molecule has 90 valence electrons. The maximum absolute atomic E-state index is 5.41. The van der Waals surface area contributed by atoms with E-state index < -0.39 is 0 Å². The van der Waals surface area contributed by atoms with E-state index >= 15 is 0 Å². The fourth-order valence-corrected chi connectivity index (χ4v) is 1.44. The van der Waals surface area contributed by atoms with Crippen molar-refractivity contribution >= 4 is 5.82 Å². The van der Waals surface area contributed by atoms with Gasteiger partial charge in [-0.25, -0.2) is 15.8 Å². The zero-order valence-corrected chi connectivity index (χ0v) is 10.8. The molecule has 0 spiro atoms. The van der Waals surface area contributed by atoms with E-state index in [4.69, 9.17) is 5.84 Å². The van der Waals surface area contributed by atoms with Crippen LogP contribution in [-0.4, -0.2) is 9.97 Å².